The van der Waals surface area contributed by atoms with Crippen molar-refractivity contribution in [1.82, 2.24) is 9.97 Å². The van der Waals surface area contributed by atoms with Gasteiger partial charge in [-0.2, -0.15) is 11.8 Å². The van der Waals surface area contributed by atoms with Crippen LogP contribution in [0.25, 0.3) is 0 Å². The molecule has 0 spiro atoms. The molecule has 0 aliphatic heterocycles. The highest BCUT2D eigenvalue weighted by atomic mass is 35.5. The zero-order valence-corrected chi connectivity index (χ0v) is 9.16. The molecule has 1 saturated carbocycles. The van der Waals surface area contributed by atoms with Gasteiger partial charge in [-0.1, -0.05) is 11.6 Å². The van der Waals surface area contributed by atoms with Crippen molar-refractivity contribution >= 4 is 35.0 Å². The lowest BCUT2D eigenvalue weighted by Gasteiger charge is -2.01. The van der Waals surface area contributed by atoms with E-state index in [2.05, 4.69) is 9.97 Å². The van der Waals surface area contributed by atoms with Gasteiger partial charge in [0.05, 0.1) is 0 Å². The number of aromatic nitrogens is 2. The molecule has 1 heterocycles. The maximum atomic E-state index is 5.88. The minimum Gasteiger partial charge on any atom is -0.226 e. The number of nitrogens with zero attached hydrogens (tertiary/aromatic N) is 2. The molecule has 5 heteroatoms. The Morgan fingerprint density at radius 1 is 1.46 bits per heavy atom. The van der Waals surface area contributed by atoms with E-state index in [9.17, 15) is 0 Å². The van der Waals surface area contributed by atoms with Gasteiger partial charge in [0.1, 0.15) is 5.15 Å². The molecule has 1 aliphatic carbocycles. The predicted molar refractivity (Wildman–Crippen MR) is 56.4 cm³/mol. The van der Waals surface area contributed by atoms with E-state index in [0.717, 1.165) is 16.6 Å². The molecule has 0 radical (unpaired) electrons. The summed E-state index contributed by atoms with van der Waals surface area (Å²) in [7, 11) is 0. The topological polar surface area (TPSA) is 25.8 Å². The van der Waals surface area contributed by atoms with E-state index in [1.54, 1.807) is 6.20 Å². The Labute approximate surface area is 91.1 Å². The van der Waals surface area contributed by atoms with Crippen molar-refractivity contribution in [2.75, 3.05) is 0 Å². The zero-order chi connectivity index (χ0) is 9.26. The second-order valence-corrected chi connectivity index (χ2v) is 4.95. The van der Waals surface area contributed by atoms with Crippen LogP contribution in [0.2, 0.25) is 10.4 Å². The zero-order valence-electron chi connectivity index (χ0n) is 6.83. The molecule has 0 amide bonds. The second-order valence-electron chi connectivity index (χ2n) is 2.97. The molecule has 0 N–H and O–H groups in total. The maximum absolute atomic E-state index is 5.88. The Morgan fingerprint density at radius 3 is 2.85 bits per heavy atom. The third-order valence-electron chi connectivity index (χ3n) is 1.78. The molecular formula is C8H8Cl2N2S. The molecule has 13 heavy (non-hydrogen) atoms. The van der Waals surface area contributed by atoms with Crippen LogP contribution in [0.15, 0.2) is 6.20 Å². The van der Waals surface area contributed by atoms with Crippen LogP contribution in [0, 0.1) is 0 Å². The quantitative estimate of drug-likeness (QED) is 0.594. The summed E-state index contributed by atoms with van der Waals surface area (Å²) in [5.74, 6) is 0.890. The average Bonchev–Trinajstić information content (AvgIpc) is 2.86. The van der Waals surface area contributed by atoms with E-state index in [0.29, 0.717) is 5.15 Å². The lowest BCUT2D eigenvalue weighted by atomic mass is 10.4. The summed E-state index contributed by atoms with van der Waals surface area (Å²) >= 11 is 13.4. The van der Waals surface area contributed by atoms with E-state index in [1.807, 2.05) is 11.8 Å². The van der Waals surface area contributed by atoms with Crippen molar-refractivity contribution in [2.24, 2.45) is 0 Å². The van der Waals surface area contributed by atoms with Crippen molar-refractivity contribution in [1.29, 1.82) is 0 Å². The van der Waals surface area contributed by atoms with Gasteiger partial charge in [-0.15, -0.1) is 0 Å². The van der Waals surface area contributed by atoms with Crippen LogP contribution in [-0.4, -0.2) is 15.2 Å². The molecule has 0 unspecified atom stereocenters. The molecule has 70 valence electrons. The Kier molecular flexibility index (Phi) is 2.96. The fraction of sp³-hybridized carbons (Fsp3) is 0.500. The monoisotopic (exact) mass is 234 g/mol. The first-order chi connectivity index (χ1) is 6.25. The Morgan fingerprint density at radius 2 is 2.23 bits per heavy atom. The molecule has 0 atom stereocenters. The summed E-state index contributed by atoms with van der Waals surface area (Å²) < 4.78 is 0. The van der Waals surface area contributed by atoms with Crippen molar-refractivity contribution in [3.8, 4) is 0 Å². The second kappa shape index (κ2) is 4.03. The minimum absolute atomic E-state index is 0.213. The standard InChI is InChI=1S/C8H8Cl2N2S/c9-7-5(3-11-8(10)12-7)4-13-6-1-2-6/h3,6H,1-2,4H2. The lowest BCUT2D eigenvalue weighted by Crippen LogP contribution is -1.90. The van der Waals surface area contributed by atoms with Gasteiger partial charge < -0.3 is 0 Å². The van der Waals surface area contributed by atoms with Gasteiger partial charge in [-0.25, -0.2) is 9.97 Å². The molecular weight excluding hydrogens is 227 g/mol. The van der Waals surface area contributed by atoms with Gasteiger partial charge in [0.25, 0.3) is 0 Å². The van der Waals surface area contributed by atoms with Crippen molar-refractivity contribution < 1.29 is 0 Å². The maximum Gasteiger partial charge on any atom is 0.223 e. The van der Waals surface area contributed by atoms with Crippen LogP contribution in [0.4, 0.5) is 0 Å². The van der Waals surface area contributed by atoms with Crippen LogP contribution < -0.4 is 0 Å². The molecule has 0 saturated heterocycles. The van der Waals surface area contributed by atoms with Gasteiger partial charge in [0.2, 0.25) is 5.28 Å². The fourth-order valence-electron chi connectivity index (χ4n) is 0.905. The number of halogens is 2. The molecule has 0 aromatic carbocycles. The minimum atomic E-state index is 0.213. The van der Waals surface area contributed by atoms with Gasteiger partial charge in [0, 0.05) is 22.8 Å². The molecule has 1 aromatic heterocycles. The van der Waals surface area contributed by atoms with Crippen molar-refractivity contribution in [2.45, 2.75) is 23.8 Å². The van der Waals surface area contributed by atoms with Crippen LogP contribution in [0.1, 0.15) is 18.4 Å². The summed E-state index contributed by atoms with van der Waals surface area (Å²) in [4.78, 5) is 7.77. The molecule has 2 nitrogen and oxygen atoms in total. The Balaban J connectivity index is 2.01. The highest BCUT2D eigenvalue weighted by molar-refractivity contribution is 7.99. The average molecular weight is 235 g/mol. The Bertz CT molecular complexity index is 315. The first kappa shape index (κ1) is 9.56. The third kappa shape index (κ3) is 2.73. The SMILES string of the molecule is Clc1ncc(CSC2CC2)c(Cl)n1. The summed E-state index contributed by atoms with van der Waals surface area (Å²) in [5.41, 5.74) is 0.975. The summed E-state index contributed by atoms with van der Waals surface area (Å²) in [6, 6.07) is 0. The largest absolute Gasteiger partial charge is 0.226 e. The van der Waals surface area contributed by atoms with Crippen LogP contribution in [-0.2, 0) is 5.75 Å². The highest BCUT2D eigenvalue weighted by Gasteiger charge is 2.22. The number of hydrogen-bond acceptors (Lipinski definition) is 3. The smallest absolute Gasteiger partial charge is 0.223 e. The van der Waals surface area contributed by atoms with Crippen molar-refractivity contribution in [3.05, 3.63) is 22.2 Å². The van der Waals surface area contributed by atoms with E-state index < -0.39 is 0 Å². The fourth-order valence-corrected chi connectivity index (χ4v) is 2.45. The summed E-state index contributed by atoms with van der Waals surface area (Å²) in [6.07, 6.45) is 4.36. The Hall–Kier alpha value is 0.01000. The molecule has 1 fully saturated rings. The molecule has 1 aliphatic rings. The van der Waals surface area contributed by atoms with E-state index in [-0.39, 0.29) is 5.28 Å². The molecule has 1 aromatic rings. The van der Waals surface area contributed by atoms with Gasteiger partial charge >= 0.3 is 0 Å². The van der Waals surface area contributed by atoms with Gasteiger partial charge in [-0.3, -0.25) is 0 Å². The molecule has 0 bridgehead atoms. The summed E-state index contributed by atoms with van der Waals surface area (Å²) in [6.45, 7) is 0. The normalized spacial score (nSPS) is 16.2. The van der Waals surface area contributed by atoms with Crippen molar-refractivity contribution in [3.63, 3.8) is 0 Å². The number of thioether (sulfide) groups is 1. The predicted octanol–water partition coefficient (Wildman–Crippen LogP) is 3.18. The van der Waals surface area contributed by atoms with E-state index in [1.165, 1.54) is 12.8 Å². The van der Waals surface area contributed by atoms with E-state index in [4.69, 9.17) is 23.2 Å². The number of rotatable bonds is 3. The van der Waals surface area contributed by atoms with E-state index >= 15 is 0 Å². The highest BCUT2D eigenvalue weighted by Crippen LogP contribution is 2.36. The first-order valence-electron chi connectivity index (χ1n) is 4.04. The third-order valence-corrected chi connectivity index (χ3v) is 3.71. The van der Waals surface area contributed by atoms with Crippen LogP contribution in [0.3, 0.4) is 0 Å². The van der Waals surface area contributed by atoms with Gasteiger partial charge in [-0.05, 0) is 24.4 Å². The molecule has 2 rings (SSSR count). The first-order valence-corrected chi connectivity index (χ1v) is 5.84. The van der Waals surface area contributed by atoms with Crippen LogP contribution >= 0.6 is 35.0 Å². The van der Waals surface area contributed by atoms with Gasteiger partial charge in [0.15, 0.2) is 0 Å². The summed E-state index contributed by atoms with van der Waals surface area (Å²) in [5, 5.41) is 1.52. The van der Waals surface area contributed by atoms with Crippen LogP contribution in [0.5, 0.6) is 0 Å². The lowest BCUT2D eigenvalue weighted by molar-refractivity contribution is 1.12. The number of hydrogen-bond donors (Lipinski definition) is 0.